The van der Waals surface area contributed by atoms with Crippen LogP contribution in [0.3, 0.4) is 0 Å². The Kier molecular flexibility index (Phi) is 3.69. The highest BCUT2D eigenvalue weighted by Gasteiger charge is 2.18. The van der Waals surface area contributed by atoms with Gasteiger partial charge in [0.1, 0.15) is 18.7 Å². The Balaban J connectivity index is 1.73. The first-order valence-corrected chi connectivity index (χ1v) is 7.08. The number of aryl methyl sites for hydroxylation is 2. The Morgan fingerprint density at radius 2 is 2.35 bits per heavy atom. The van der Waals surface area contributed by atoms with Gasteiger partial charge in [0.2, 0.25) is 0 Å². The number of ether oxygens (including phenoxy) is 1. The fourth-order valence-electron chi connectivity index (χ4n) is 2.65. The van der Waals surface area contributed by atoms with Gasteiger partial charge >= 0.3 is 0 Å². The van der Waals surface area contributed by atoms with Crippen LogP contribution in [0, 0.1) is 0 Å². The highest BCUT2D eigenvalue weighted by atomic mass is 16.5. The molecule has 20 heavy (non-hydrogen) atoms. The number of hydrogen-bond acceptors (Lipinski definition) is 4. The molecule has 1 aliphatic carbocycles. The summed E-state index contributed by atoms with van der Waals surface area (Å²) in [6, 6.07) is 5.97. The first-order chi connectivity index (χ1) is 9.78. The van der Waals surface area contributed by atoms with Gasteiger partial charge in [-0.25, -0.2) is 9.67 Å². The van der Waals surface area contributed by atoms with E-state index in [1.165, 1.54) is 5.56 Å². The summed E-state index contributed by atoms with van der Waals surface area (Å²) in [6.45, 7) is 3.19. The summed E-state index contributed by atoms with van der Waals surface area (Å²) in [6.07, 6.45) is 4.10. The maximum atomic E-state index is 10.0. The average molecular weight is 273 g/mol. The Bertz CT molecular complexity index is 595. The molecule has 106 valence electrons. The molecule has 5 nitrogen and oxygen atoms in total. The van der Waals surface area contributed by atoms with E-state index in [9.17, 15) is 5.11 Å². The first kappa shape index (κ1) is 13.1. The number of aliphatic hydroxyl groups excluding tert-OH is 1. The van der Waals surface area contributed by atoms with Crippen molar-refractivity contribution >= 4 is 0 Å². The minimum atomic E-state index is -0.360. The lowest BCUT2D eigenvalue weighted by molar-refractivity contribution is 0.156. The third-order valence-electron chi connectivity index (χ3n) is 3.76. The standard InChI is InChI=1S/C15H19N3O2/c1-2-18-15(16-10-17-18)9-20-12-7-6-11-4-3-5-14(19)13(11)8-12/h6-8,10,14,19H,2-5,9H2,1H3/t14-/m0/s1. The topological polar surface area (TPSA) is 60.2 Å². The fourth-order valence-corrected chi connectivity index (χ4v) is 2.65. The molecule has 1 N–H and O–H groups in total. The minimum Gasteiger partial charge on any atom is -0.486 e. The number of fused-ring (bicyclic) bond motifs is 1. The lowest BCUT2D eigenvalue weighted by Crippen LogP contribution is -2.10. The predicted molar refractivity (Wildman–Crippen MR) is 74.4 cm³/mol. The molecule has 2 aromatic rings. The van der Waals surface area contributed by atoms with Crippen molar-refractivity contribution in [2.45, 2.75) is 45.4 Å². The van der Waals surface area contributed by atoms with Crippen molar-refractivity contribution in [3.63, 3.8) is 0 Å². The van der Waals surface area contributed by atoms with Crippen molar-refractivity contribution < 1.29 is 9.84 Å². The molecular formula is C15H19N3O2. The second-order valence-electron chi connectivity index (χ2n) is 5.05. The monoisotopic (exact) mass is 273 g/mol. The quantitative estimate of drug-likeness (QED) is 0.928. The summed E-state index contributed by atoms with van der Waals surface area (Å²) in [4.78, 5) is 4.18. The van der Waals surface area contributed by atoms with Crippen molar-refractivity contribution in [1.29, 1.82) is 0 Å². The molecule has 1 aromatic heterocycles. The van der Waals surface area contributed by atoms with Crippen LogP contribution in [0.4, 0.5) is 0 Å². The van der Waals surface area contributed by atoms with Crippen molar-refractivity contribution in [2.24, 2.45) is 0 Å². The highest BCUT2D eigenvalue weighted by Crippen LogP contribution is 2.32. The first-order valence-electron chi connectivity index (χ1n) is 7.08. The van der Waals surface area contributed by atoms with E-state index < -0.39 is 0 Å². The zero-order valence-electron chi connectivity index (χ0n) is 11.6. The van der Waals surface area contributed by atoms with E-state index in [-0.39, 0.29) is 6.10 Å². The van der Waals surface area contributed by atoms with Gasteiger partial charge in [0, 0.05) is 6.54 Å². The van der Waals surface area contributed by atoms with E-state index in [0.29, 0.717) is 6.61 Å². The minimum absolute atomic E-state index is 0.360. The summed E-state index contributed by atoms with van der Waals surface area (Å²) < 4.78 is 7.59. The third-order valence-corrected chi connectivity index (χ3v) is 3.76. The van der Waals surface area contributed by atoms with E-state index in [2.05, 4.69) is 16.1 Å². The lowest BCUT2D eigenvalue weighted by atomic mass is 9.89. The van der Waals surface area contributed by atoms with E-state index in [1.54, 1.807) is 6.33 Å². The van der Waals surface area contributed by atoms with Crippen molar-refractivity contribution in [2.75, 3.05) is 0 Å². The number of aliphatic hydroxyl groups is 1. The van der Waals surface area contributed by atoms with Crippen LogP contribution in [-0.4, -0.2) is 19.9 Å². The van der Waals surface area contributed by atoms with Crippen LogP contribution in [-0.2, 0) is 19.6 Å². The Morgan fingerprint density at radius 3 is 3.20 bits per heavy atom. The van der Waals surface area contributed by atoms with E-state index in [4.69, 9.17) is 4.74 Å². The molecule has 0 spiro atoms. The molecule has 5 heteroatoms. The van der Waals surface area contributed by atoms with Gasteiger partial charge in [-0.1, -0.05) is 6.07 Å². The van der Waals surface area contributed by atoms with Gasteiger partial charge in [-0.2, -0.15) is 5.10 Å². The second-order valence-corrected chi connectivity index (χ2v) is 5.05. The third kappa shape index (κ3) is 2.54. The van der Waals surface area contributed by atoms with Gasteiger partial charge in [-0.15, -0.1) is 0 Å². The van der Waals surface area contributed by atoms with E-state index in [0.717, 1.165) is 42.9 Å². The molecule has 0 fully saturated rings. The van der Waals surface area contributed by atoms with Crippen LogP contribution >= 0.6 is 0 Å². The normalized spacial score (nSPS) is 17.8. The van der Waals surface area contributed by atoms with E-state index >= 15 is 0 Å². The number of benzene rings is 1. The molecule has 0 aliphatic heterocycles. The van der Waals surface area contributed by atoms with Gasteiger partial charge < -0.3 is 9.84 Å². The SMILES string of the molecule is CCn1ncnc1COc1ccc2c(c1)[C@@H](O)CCC2. The number of hydrogen-bond donors (Lipinski definition) is 1. The zero-order valence-corrected chi connectivity index (χ0v) is 11.6. The summed E-state index contributed by atoms with van der Waals surface area (Å²) in [5, 5.41) is 14.2. The molecular weight excluding hydrogens is 254 g/mol. The maximum Gasteiger partial charge on any atom is 0.164 e. The van der Waals surface area contributed by atoms with Gasteiger partial charge in [0.25, 0.3) is 0 Å². The molecule has 0 saturated heterocycles. The summed E-state index contributed by atoms with van der Waals surface area (Å²) >= 11 is 0. The molecule has 0 bridgehead atoms. The maximum absolute atomic E-state index is 10.0. The molecule has 0 amide bonds. The van der Waals surface area contributed by atoms with Gasteiger partial charge in [-0.05, 0) is 49.4 Å². The lowest BCUT2D eigenvalue weighted by Gasteiger charge is -2.21. The molecule has 3 rings (SSSR count). The molecule has 1 heterocycles. The largest absolute Gasteiger partial charge is 0.486 e. The highest BCUT2D eigenvalue weighted by molar-refractivity contribution is 5.38. The van der Waals surface area contributed by atoms with Crippen LogP contribution in [0.2, 0.25) is 0 Å². The molecule has 0 unspecified atom stereocenters. The Hall–Kier alpha value is -1.88. The zero-order chi connectivity index (χ0) is 13.9. The van der Waals surface area contributed by atoms with Gasteiger partial charge in [0.05, 0.1) is 6.10 Å². The van der Waals surface area contributed by atoms with Gasteiger partial charge in [0.15, 0.2) is 5.82 Å². The van der Waals surface area contributed by atoms with Crippen LogP contribution in [0.15, 0.2) is 24.5 Å². The van der Waals surface area contributed by atoms with E-state index in [1.807, 2.05) is 23.7 Å². The van der Waals surface area contributed by atoms with Crippen molar-refractivity contribution in [3.05, 3.63) is 41.5 Å². The predicted octanol–water partition coefficient (Wildman–Crippen LogP) is 2.25. The molecule has 0 saturated carbocycles. The summed E-state index contributed by atoms with van der Waals surface area (Å²) in [5.74, 6) is 1.58. The second kappa shape index (κ2) is 5.63. The smallest absolute Gasteiger partial charge is 0.164 e. The number of rotatable bonds is 4. The molecule has 0 radical (unpaired) electrons. The van der Waals surface area contributed by atoms with Crippen molar-refractivity contribution in [3.8, 4) is 5.75 Å². The van der Waals surface area contributed by atoms with Gasteiger partial charge in [-0.3, -0.25) is 0 Å². The Labute approximate surface area is 118 Å². The molecule has 1 aromatic carbocycles. The molecule has 1 atom stereocenters. The van der Waals surface area contributed by atoms with Crippen LogP contribution in [0.1, 0.15) is 42.8 Å². The Morgan fingerprint density at radius 1 is 1.45 bits per heavy atom. The van der Waals surface area contributed by atoms with Crippen LogP contribution in [0.25, 0.3) is 0 Å². The fraction of sp³-hybridized carbons (Fsp3) is 0.467. The number of aromatic nitrogens is 3. The average Bonchev–Trinajstić information content (AvgIpc) is 2.93. The summed E-state index contributed by atoms with van der Waals surface area (Å²) in [5.41, 5.74) is 2.23. The number of nitrogens with zero attached hydrogens (tertiary/aromatic N) is 3. The molecule has 1 aliphatic rings. The van der Waals surface area contributed by atoms with Crippen molar-refractivity contribution in [1.82, 2.24) is 14.8 Å². The summed E-state index contributed by atoms with van der Waals surface area (Å²) in [7, 11) is 0. The van der Waals surface area contributed by atoms with Crippen LogP contribution < -0.4 is 4.74 Å². The van der Waals surface area contributed by atoms with Crippen LogP contribution in [0.5, 0.6) is 5.75 Å².